The molecule has 0 rings (SSSR count). The van der Waals surface area contributed by atoms with Crippen molar-refractivity contribution in [1.82, 2.24) is 0 Å². The number of esters is 1. The van der Waals surface area contributed by atoms with E-state index in [9.17, 15) is 13.2 Å². The summed E-state index contributed by atoms with van der Waals surface area (Å²) in [7, 11) is -3.57. The van der Waals surface area contributed by atoms with E-state index in [1.807, 2.05) is 0 Å². The molecular formula is C5H9NO4S. The van der Waals surface area contributed by atoms with Gasteiger partial charge in [-0.15, -0.1) is 0 Å². The van der Waals surface area contributed by atoms with Gasteiger partial charge < -0.3 is 10.5 Å². The van der Waals surface area contributed by atoms with Crippen LogP contribution in [0.3, 0.4) is 0 Å². The average molecular weight is 179 g/mol. The fraction of sp³-hybridized carbons (Fsp3) is 0.400. The van der Waals surface area contributed by atoms with Gasteiger partial charge in [0.25, 0.3) is 0 Å². The van der Waals surface area contributed by atoms with Crippen molar-refractivity contribution < 1.29 is 17.9 Å². The van der Waals surface area contributed by atoms with Crippen molar-refractivity contribution in [2.75, 3.05) is 6.26 Å². The minimum absolute atomic E-state index is 0.827. The van der Waals surface area contributed by atoms with E-state index in [1.165, 1.54) is 0 Å². The van der Waals surface area contributed by atoms with E-state index in [0.29, 0.717) is 0 Å². The van der Waals surface area contributed by atoms with E-state index >= 15 is 0 Å². The Morgan fingerprint density at radius 2 is 2.18 bits per heavy atom. The number of carbonyl (C=O) groups is 1. The summed E-state index contributed by atoms with van der Waals surface area (Å²) in [5.41, 5.74) is 4.97. The predicted octanol–water partition coefficient (Wildman–Crippen LogP) is -0.997. The van der Waals surface area contributed by atoms with Gasteiger partial charge in [-0.1, -0.05) is 6.58 Å². The Hall–Kier alpha value is -0.880. The molecule has 0 bridgehead atoms. The van der Waals surface area contributed by atoms with Crippen LogP contribution in [0.15, 0.2) is 12.8 Å². The number of nitrogens with two attached hydrogens (primary N) is 1. The fourth-order valence-corrected chi connectivity index (χ4v) is 0.729. The second kappa shape index (κ2) is 3.49. The Balaban J connectivity index is 4.38. The van der Waals surface area contributed by atoms with E-state index in [2.05, 4.69) is 11.3 Å². The third kappa shape index (κ3) is 3.15. The molecule has 0 aliphatic carbocycles. The minimum atomic E-state index is -3.57. The maximum Gasteiger partial charge on any atom is 0.343 e. The molecule has 0 aliphatic heterocycles. The summed E-state index contributed by atoms with van der Waals surface area (Å²) in [4.78, 5) is 10.6. The van der Waals surface area contributed by atoms with Crippen molar-refractivity contribution in [2.24, 2.45) is 5.73 Å². The molecule has 0 spiro atoms. The highest BCUT2D eigenvalue weighted by atomic mass is 32.2. The van der Waals surface area contributed by atoms with Crippen LogP contribution in [0.2, 0.25) is 0 Å². The lowest BCUT2D eigenvalue weighted by Crippen LogP contribution is -2.38. The van der Waals surface area contributed by atoms with Gasteiger partial charge in [0.05, 0.1) is 6.26 Å². The van der Waals surface area contributed by atoms with Crippen LogP contribution < -0.4 is 5.73 Å². The average Bonchev–Trinajstić information content (AvgIpc) is 1.85. The van der Waals surface area contributed by atoms with Gasteiger partial charge in [0.2, 0.25) is 5.37 Å². The lowest BCUT2D eigenvalue weighted by Gasteiger charge is -2.05. The van der Waals surface area contributed by atoms with Gasteiger partial charge in [-0.2, -0.15) is 0 Å². The monoisotopic (exact) mass is 179 g/mol. The Kier molecular flexibility index (Phi) is 3.21. The van der Waals surface area contributed by atoms with E-state index in [4.69, 9.17) is 5.73 Å². The molecule has 0 heterocycles. The van der Waals surface area contributed by atoms with Crippen LogP contribution in [0.25, 0.3) is 0 Å². The lowest BCUT2D eigenvalue weighted by atomic mass is 10.7. The predicted molar refractivity (Wildman–Crippen MR) is 39.1 cm³/mol. The smallest absolute Gasteiger partial charge is 0.343 e. The van der Waals surface area contributed by atoms with Crippen LogP contribution in [0.4, 0.5) is 0 Å². The Morgan fingerprint density at radius 1 is 1.73 bits per heavy atom. The first-order chi connectivity index (χ1) is 4.89. The zero-order valence-electron chi connectivity index (χ0n) is 5.98. The number of hydrogen-bond acceptors (Lipinski definition) is 5. The molecule has 11 heavy (non-hydrogen) atoms. The first-order valence-corrected chi connectivity index (χ1v) is 4.61. The minimum Gasteiger partial charge on any atom is -0.433 e. The van der Waals surface area contributed by atoms with Crippen LogP contribution in [0.5, 0.6) is 0 Å². The summed E-state index contributed by atoms with van der Waals surface area (Å²) in [6.45, 7) is 3.07. The molecule has 0 aromatic carbocycles. The quantitative estimate of drug-likeness (QED) is 0.443. The number of carbonyl (C=O) groups excluding carboxylic acids is 1. The maximum atomic E-state index is 10.6. The van der Waals surface area contributed by atoms with Crippen molar-refractivity contribution in [1.29, 1.82) is 0 Å². The summed E-state index contributed by atoms with van der Waals surface area (Å²) in [5, 5.41) is -1.62. The zero-order valence-corrected chi connectivity index (χ0v) is 6.80. The summed E-state index contributed by atoms with van der Waals surface area (Å²) in [6, 6.07) is 0. The van der Waals surface area contributed by atoms with Gasteiger partial charge in [0.15, 0.2) is 9.84 Å². The van der Waals surface area contributed by atoms with E-state index in [1.54, 1.807) is 0 Å². The van der Waals surface area contributed by atoms with Crippen LogP contribution in [0.1, 0.15) is 0 Å². The van der Waals surface area contributed by atoms with Crippen LogP contribution in [-0.2, 0) is 19.4 Å². The van der Waals surface area contributed by atoms with Crippen LogP contribution >= 0.6 is 0 Å². The van der Waals surface area contributed by atoms with Gasteiger partial charge in [-0.05, 0) is 0 Å². The Morgan fingerprint density at radius 3 is 2.45 bits per heavy atom. The second-order valence-electron chi connectivity index (χ2n) is 1.85. The van der Waals surface area contributed by atoms with Crippen molar-refractivity contribution in [3.63, 3.8) is 0 Å². The molecule has 0 amide bonds. The van der Waals surface area contributed by atoms with Gasteiger partial charge in [0.1, 0.15) is 0 Å². The van der Waals surface area contributed by atoms with Crippen molar-refractivity contribution >= 4 is 15.8 Å². The molecule has 0 saturated carbocycles. The standard InChI is InChI=1S/C5H9NO4S/c1-3-10-5(7)4(6)11(2,8)9/h3-4H,1,6H2,2H3. The van der Waals surface area contributed by atoms with Gasteiger partial charge in [0, 0.05) is 6.26 Å². The molecule has 1 unspecified atom stereocenters. The Labute approximate surface area is 64.7 Å². The molecule has 6 heteroatoms. The third-order valence-corrected chi connectivity index (χ3v) is 2.01. The van der Waals surface area contributed by atoms with E-state index < -0.39 is 21.2 Å². The molecule has 0 aliphatic rings. The molecule has 0 aromatic rings. The molecule has 2 N–H and O–H groups in total. The van der Waals surface area contributed by atoms with Gasteiger partial charge in [-0.3, -0.25) is 0 Å². The second-order valence-corrected chi connectivity index (χ2v) is 4.02. The van der Waals surface area contributed by atoms with Crippen molar-refractivity contribution in [2.45, 2.75) is 5.37 Å². The molecule has 1 atom stereocenters. The van der Waals surface area contributed by atoms with Crippen molar-refractivity contribution in [3.05, 3.63) is 12.8 Å². The summed E-state index contributed by atoms with van der Waals surface area (Å²) in [6.07, 6.45) is 1.68. The molecule has 0 radical (unpaired) electrons. The number of rotatable bonds is 3. The van der Waals surface area contributed by atoms with Crippen LogP contribution in [-0.4, -0.2) is 26.0 Å². The van der Waals surface area contributed by atoms with Gasteiger partial charge in [-0.25, -0.2) is 13.2 Å². The highest BCUT2D eigenvalue weighted by Crippen LogP contribution is 1.94. The molecule has 0 aromatic heterocycles. The molecule has 5 nitrogen and oxygen atoms in total. The summed E-state index contributed by atoms with van der Waals surface area (Å²) >= 11 is 0. The molecule has 64 valence electrons. The number of ether oxygens (including phenoxy) is 1. The fourth-order valence-electron chi connectivity index (χ4n) is 0.324. The maximum absolute atomic E-state index is 10.6. The summed E-state index contributed by atoms with van der Waals surface area (Å²) < 4.78 is 25.3. The number of sulfone groups is 1. The zero-order chi connectivity index (χ0) is 9.07. The topological polar surface area (TPSA) is 86.5 Å². The first-order valence-electron chi connectivity index (χ1n) is 2.65. The highest BCUT2D eigenvalue weighted by molar-refractivity contribution is 7.92. The summed E-state index contributed by atoms with van der Waals surface area (Å²) in [5.74, 6) is -1.03. The number of hydrogen-bond donors (Lipinski definition) is 1. The van der Waals surface area contributed by atoms with Crippen LogP contribution in [0, 0.1) is 0 Å². The van der Waals surface area contributed by atoms with Crippen molar-refractivity contribution in [3.8, 4) is 0 Å². The highest BCUT2D eigenvalue weighted by Gasteiger charge is 2.24. The normalized spacial score (nSPS) is 13.6. The lowest BCUT2D eigenvalue weighted by molar-refractivity contribution is -0.137. The largest absolute Gasteiger partial charge is 0.433 e. The van der Waals surface area contributed by atoms with E-state index in [-0.39, 0.29) is 0 Å². The SMILES string of the molecule is C=COC(=O)C(N)S(C)(=O)=O. The van der Waals surface area contributed by atoms with Gasteiger partial charge >= 0.3 is 5.97 Å². The third-order valence-electron chi connectivity index (χ3n) is 0.893. The Bertz CT molecular complexity index is 256. The first kappa shape index (κ1) is 10.1. The van der Waals surface area contributed by atoms with E-state index in [0.717, 1.165) is 12.5 Å². The molecular weight excluding hydrogens is 170 g/mol. The molecule has 0 saturated heterocycles. The molecule has 0 fully saturated rings.